The number of rotatable bonds is 4. The summed E-state index contributed by atoms with van der Waals surface area (Å²) in [6.45, 7) is 4.02. The molecule has 1 saturated carbocycles. The van der Waals surface area contributed by atoms with Crippen molar-refractivity contribution in [1.29, 1.82) is 0 Å². The number of nitrogens with zero attached hydrogens (tertiary/aromatic N) is 1. The van der Waals surface area contributed by atoms with Crippen LogP contribution in [-0.2, 0) is 13.0 Å². The number of fused-ring (bicyclic) bond motifs is 1. The van der Waals surface area contributed by atoms with Crippen LogP contribution in [0.4, 0.5) is 10.5 Å². The molecule has 1 saturated heterocycles. The fraction of sp³-hybridized carbons (Fsp3) is 0.588. The number of nitrogens with one attached hydrogen (secondary N) is 3. The molecule has 1 unspecified atom stereocenters. The molecular formula is C17H25ClN4O. The standard InChI is InChI=1S/C17H24N4O.ClH/c22-17(19-14-4-5-14)20-15-7-9-21(11-15)10-13-3-1-2-12-6-8-18-16(12)13;/h1-3,14-15,18H,4-11H2,(H2,19,20,22);1H. The molecule has 0 bridgehead atoms. The van der Waals surface area contributed by atoms with Gasteiger partial charge in [-0.15, -0.1) is 12.4 Å². The number of anilines is 1. The Morgan fingerprint density at radius 1 is 1.22 bits per heavy atom. The SMILES string of the molecule is Cl.O=C(NC1CC1)NC1CCN(Cc2cccc3c2NCC3)C1. The summed E-state index contributed by atoms with van der Waals surface area (Å²) >= 11 is 0. The first-order valence-electron chi connectivity index (χ1n) is 8.42. The molecule has 6 heteroatoms. The topological polar surface area (TPSA) is 56.4 Å². The van der Waals surface area contributed by atoms with E-state index in [9.17, 15) is 4.79 Å². The lowest BCUT2D eigenvalue weighted by Gasteiger charge is -2.19. The van der Waals surface area contributed by atoms with Gasteiger partial charge in [-0.1, -0.05) is 18.2 Å². The van der Waals surface area contributed by atoms with Gasteiger partial charge in [0.25, 0.3) is 0 Å². The maximum Gasteiger partial charge on any atom is 0.315 e. The molecule has 2 heterocycles. The van der Waals surface area contributed by atoms with Gasteiger partial charge in [-0.2, -0.15) is 0 Å². The van der Waals surface area contributed by atoms with Crippen LogP contribution in [0.5, 0.6) is 0 Å². The van der Waals surface area contributed by atoms with E-state index < -0.39 is 0 Å². The summed E-state index contributed by atoms with van der Waals surface area (Å²) in [5.41, 5.74) is 4.17. The van der Waals surface area contributed by atoms with Gasteiger partial charge in [0, 0.05) is 44.0 Å². The predicted molar refractivity (Wildman–Crippen MR) is 94.3 cm³/mol. The number of halogens is 1. The zero-order valence-electron chi connectivity index (χ0n) is 13.3. The van der Waals surface area contributed by atoms with Crippen LogP contribution in [0.15, 0.2) is 18.2 Å². The molecule has 2 amide bonds. The first kappa shape index (κ1) is 16.4. The molecule has 1 aromatic carbocycles. The van der Waals surface area contributed by atoms with Gasteiger partial charge in [0.15, 0.2) is 0 Å². The van der Waals surface area contributed by atoms with Crippen molar-refractivity contribution in [3.8, 4) is 0 Å². The van der Waals surface area contributed by atoms with Gasteiger partial charge in [0.2, 0.25) is 0 Å². The molecule has 5 nitrogen and oxygen atoms in total. The molecular weight excluding hydrogens is 312 g/mol. The van der Waals surface area contributed by atoms with Crippen LogP contribution in [0, 0.1) is 0 Å². The summed E-state index contributed by atoms with van der Waals surface area (Å²) in [7, 11) is 0. The summed E-state index contributed by atoms with van der Waals surface area (Å²) in [6, 6.07) is 7.32. The third-order valence-electron chi connectivity index (χ3n) is 4.85. The van der Waals surface area contributed by atoms with Crippen molar-refractivity contribution >= 4 is 24.1 Å². The minimum Gasteiger partial charge on any atom is -0.384 e. The lowest BCUT2D eigenvalue weighted by Crippen LogP contribution is -2.44. The summed E-state index contributed by atoms with van der Waals surface area (Å²) in [5.74, 6) is 0. The van der Waals surface area contributed by atoms with Crippen LogP contribution in [0.3, 0.4) is 0 Å². The largest absolute Gasteiger partial charge is 0.384 e. The highest BCUT2D eigenvalue weighted by Gasteiger charge is 2.28. The highest BCUT2D eigenvalue weighted by molar-refractivity contribution is 5.85. The van der Waals surface area contributed by atoms with Crippen molar-refractivity contribution in [2.45, 2.75) is 44.3 Å². The van der Waals surface area contributed by atoms with Crippen molar-refractivity contribution < 1.29 is 4.79 Å². The van der Waals surface area contributed by atoms with Crippen molar-refractivity contribution in [2.75, 3.05) is 25.0 Å². The van der Waals surface area contributed by atoms with Gasteiger partial charge in [0.05, 0.1) is 0 Å². The summed E-state index contributed by atoms with van der Waals surface area (Å²) in [4.78, 5) is 14.3. The number of carbonyl (C=O) groups excluding carboxylic acids is 1. The van der Waals surface area contributed by atoms with Crippen molar-refractivity contribution in [2.24, 2.45) is 0 Å². The minimum atomic E-state index is 0. The Morgan fingerprint density at radius 2 is 2.04 bits per heavy atom. The Balaban J connectivity index is 0.00000156. The number of hydrogen-bond donors (Lipinski definition) is 3. The third kappa shape index (κ3) is 3.90. The van der Waals surface area contributed by atoms with Gasteiger partial charge in [0.1, 0.15) is 0 Å². The van der Waals surface area contributed by atoms with Crippen LogP contribution in [0.25, 0.3) is 0 Å². The van der Waals surface area contributed by atoms with Crippen molar-refractivity contribution in [3.63, 3.8) is 0 Å². The molecule has 0 radical (unpaired) electrons. The van der Waals surface area contributed by atoms with Gasteiger partial charge < -0.3 is 16.0 Å². The lowest BCUT2D eigenvalue weighted by molar-refractivity contribution is 0.235. The Morgan fingerprint density at radius 3 is 2.87 bits per heavy atom. The molecule has 1 aromatic rings. The van der Waals surface area contributed by atoms with Crippen LogP contribution in [0.1, 0.15) is 30.4 Å². The van der Waals surface area contributed by atoms with Crippen LogP contribution < -0.4 is 16.0 Å². The number of likely N-dealkylation sites (tertiary alicyclic amines) is 1. The second kappa shape index (κ2) is 6.97. The molecule has 23 heavy (non-hydrogen) atoms. The summed E-state index contributed by atoms with van der Waals surface area (Å²) < 4.78 is 0. The van der Waals surface area contributed by atoms with Gasteiger partial charge in [-0.05, 0) is 36.8 Å². The molecule has 0 aromatic heterocycles. The smallest absolute Gasteiger partial charge is 0.315 e. The van der Waals surface area contributed by atoms with Crippen LogP contribution in [-0.4, -0.2) is 42.6 Å². The molecule has 4 rings (SSSR count). The Bertz CT molecular complexity index is 576. The number of benzene rings is 1. The molecule has 1 atom stereocenters. The summed E-state index contributed by atoms with van der Waals surface area (Å²) in [5, 5.41) is 9.62. The van der Waals surface area contributed by atoms with E-state index in [1.54, 1.807) is 0 Å². The zero-order chi connectivity index (χ0) is 14.9. The highest BCUT2D eigenvalue weighted by atomic mass is 35.5. The number of urea groups is 1. The number of amides is 2. The third-order valence-corrected chi connectivity index (χ3v) is 4.85. The molecule has 2 fully saturated rings. The van der Waals surface area contributed by atoms with E-state index in [0.29, 0.717) is 6.04 Å². The quantitative estimate of drug-likeness (QED) is 0.789. The van der Waals surface area contributed by atoms with Gasteiger partial charge in [-0.25, -0.2) is 4.79 Å². The second-order valence-electron chi connectivity index (χ2n) is 6.74. The van der Waals surface area contributed by atoms with Gasteiger partial charge >= 0.3 is 6.03 Å². The molecule has 1 aliphatic carbocycles. The molecule has 2 aliphatic heterocycles. The van der Waals surface area contributed by atoms with Crippen LogP contribution >= 0.6 is 12.4 Å². The molecule has 3 N–H and O–H groups in total. The lowest BCUT2D eigenvalue weighted by atomic mass is 10.1. The Hall–Kier alpha value is -1.46. The van der Waals surface area contributed by atoms with E-state index in [2.05, 4.69) is 39.0 Å². The highest BCUT2D eigenvalue weighted by Crippen LogP contribution is 2.28. The summed E-state index contributed by atoms with van der Waals surface area (Å²) in [6.07, 6.45) is 4.45. The first-order valence-corrected chi connectivity index (χ1v) is 8.42. The van der Waals surface area contributed by atoms with E-state index in [1.165, 1.54) is 16.8 Å². The minimum absolute atomic E-state index is 0. The van der Waals surface area contributed by atoms with E-state index in [4.69, 9.17) is 0 Å². The predicted octanol–water partition coefficient (Wildman–Crippen LogP) is 2.11. The van der Waals surface area contributed by atoms with Crippen LogP contribution in [0.2, 0.25) is 0 Å². The van der Waals surface area contributed by atoms with E-state index in [-0.39, 0.29) is 24.5 Å². The van der Waals surface area contributed by atoms with Crippen molar-refractivity contribution in [3.05, 3.63) is 29.3 Å². The monoisotopic (exact) mass is 336 g/mol. The number of carbonyl (C=O) groups is 1. The van der Waals surface area contributed by atoms with Gasteiger partial charge in [-0.3, -0.25) is 4.90 Å². The Kier molecular flexibility index (Phi) is 4.97. The second-order valence-corrected chi connectivity index (χ2v) is 6.74. The first-order chi connectivity index (χ1) is 10.8. The fourth-order valence-corrected chi connectivity index (χ4v) is 3.52. The van der Waals surface area contributed by atoms with E-state index >= 15 is 0 Å². The maximum absolute atomic E-state index is 11.8. The molecule has 126 valence electrons. The van der Waals surface area contributed by atoms with E-state index in [0.717, 1.165) is 51.9 Å². The number of para-hydroxylation sites is 1. The fourth-order valence-electron chi connectivity index (χ4n) is 3.52. The maximum atomic E-state index is 11.8. The zero-order valence-corrected chi connectivity index (χ0v) is 14.1. The average Bonchev–Trinajstić information content (AvgIpc) is 3.00. The number of hydrogen-bond acceptors (Lipinski definition) is 3. The Labute approximate surface area is 143 Å². The molecule has 3 aliphatic rings. The van der Waals surface area contributed by atoms with Crippen molar-refractivity contribution in [1.82, 2.24) is 15.5 Å². The van der Waals surface area contributed by atoms with E-state index in [1.807, 2.05) is 0 Å². The average molecular weight is 337 g/mol. The molecule has 0 spiro atoms. The normalized spacial score (nSPS) is 22.9.